The first kappa shape index (κ1) is 21.1. The third kappa shape index (κ3) is 3.60. The van der Waals surface area contributed by atoms with Crippen LogP contribution < -0.4 is 5.32 Å². The third-order valence-electron chi connectivity index (χ3n) is 6.90. The average Bonchev–Trinajstić information content (AvgIpc) is 3.18. The standard InChI is InChI=1S/C27H25N3O3S/c1-15-5-3-6-17(11-15)25-24(29-16(2)34-25)27(32)30-19(12-18-13-22(18)30)14-28-26(31)21-7-4-8-23-20(21)9-10-33-23/h3-11,18-19,22H,12-14H2,1-2H3,(H,28,31)/t18?,19-,22?/m0/s1. The van der Waals surface area contributed by atoms with Crippen molar-refractivity contribution in [3.8, 4) is 10.4 Å². The number of likely N-dealkylation sites (tertiary alicyclic amines) is 1. The number of piperidine rings is 1. The molecule has 1 N–H and O–H groups in total. The summed E-state index contributed by atoms with van der Waals surface area (Å²) in [5, 5.41) is 4.74. The first-order chi connectivity index (χ1) is 16.5. The van der Waals surface area contributed by atoms with E-state index in [4.69, 9.17) is 4.42 Å². The van der Waals surface area contributed by atoms with E-state index in [9.17, 15) is 9.59 Å². The molecule has 1 aliphatic heterocycles. The molecule has 1 saturated carbocycles. The highest BCUT2D eigenvalue weighted by atomic mass is 32.1. The van der Waals surface area contributed by atoms with Gasteiger partial charge in [-0.3, -0.25) is 9.59 Å². The monoisotopic (exact) mass is 471 g/mol. The minimum absolute atomic E-state index is 0.0259. The van der Waals surface area contributed by atoms with Gasteiger partial charge in [0.1, 0.15) is 11.3 Å². The quantitative estimate of drug-likeness (QED) is 0.434. The van der Waals surface area contributed by atoms with Crippen molar-refractivity contribution in [1.82, 2.24) is 15.2 Å². The van der Waals surface area contributed by atoms with Crippen LogP contribution in [0.25, 0.3) is 21.4 Å². The number of thiazole rings is 1. The zero-order chi connectivity index (χ0) is 23.4. The van der Waals surface area contributed by atoms with Gasteiger partial charge in [0.15, 0.2) is 0 Å². The fourth-order valence-corrected chi connectivity index (χ4v) is 6.14. The summed E-state index contributed by atoms with van der Waals surface area (Å²) in [7, 11) is 0. The topological polar surface area (TPSA) is 75.4 Å². The van der Waals surface area contributed by atoms with Crippen molar-refractivity contribution in [2.24, 2.45) is 5.92 Å². The smallest absolute Gasteiger partial charge is 0.274 e. The van der Waals surface area contributed by atoms with Gasteiger partial charge >= 0.3 is 0 Å². The van der Waals surface area contributed by atoms with Crippen LogP contribution in [0.15, 0.2) is 59.2 Å². The van der Waals surface area contributed by atoms with E-state index in [0.29, 0.717) is 29.3 Å². The number of nitrogens with zero attached hydrogens (tertiary/aromatic N) is 2. The highest BCUT2D eigenvalue weighted by Crippen LogP contribution is 2.48. The largest absolute Gasteiger partial charge is 0.464 e. The van der Waals surface area contributed by atoms with Gasteiger partial charge in [0.2, 0.25) is 0 Å². The fraction of sp³-hybridized carbons (Fsp3) is 0.296. The molecule has 3 heterocycles. The molecule has 1 aliphatic carbocycles. The molecule has 2 unspecified atom stereocenters. The molecule has 2 aromatic heterocycles. The number of hydrogen-bond acceptors (Lipinski definition) is 5. The Morgan fingerprint density at radius 1 is 1.15 bits per heavy atom. The van der Waals surface area contributed by atoms with Gasteiger partial charge in [-0.05, 0) is 56.4 Å². The molecule has 4 aromatic rings. The van der Waals surface area contributed by atoms with Gasteiger partial charge in [0.25, 0.3) is 11.8 Å². The Morgan fingerprint density at radius 3 is 2.85 bits per heavy atom. The minimum Gasteiger partial charge on any atom is -0.464 e. The Morgan fingerprint density at radius 2 is 2.00 bits per heavy atom. The summed E-state index contributed by atoms with van der Waals surface area (Å²) in [4.78, 5) is 34.3. The highest BCUT2D eigenvalue weighted by molar-refractivity contribution is 7.15. The maximum Gasteiger partial charge on any atom is 0.274 e. The Kier molecular flexibility index (Phi) is 5.03. The molecule has 2 aromatic carbocycles. The number of hydrogen-bond donors (Lipinski definition) is 1. The van der Waals surface area contributed by atoms with Crippen LogP contribution in [0.3, 0.4) is 0 Å². The van der Waals surface area contributed by atoms with Crippen LogP contribution in [-0.4, -0.2) is 40.3 Å². The number of rotatable bonds is 5. The van der Waals surface area contributed by atoms with Gasteiger partial charge in [0.05, 0.1) is 27.8 Å². The molecular formula is C27H25N3O3S. The molecule has 0 radical (unpaired) electrons. The van der Waals surface area contributed by atoms with Gasteiger partial charge in [-0.25, -0.2) is 4.98 Å². The zero-order valence-electron chi connectivity index (χ0n) is 19.1. The van der Waals surface area contributed by atoms with Crippen molar-refractivity contribution in [2.75, 3.05) is 6.54 Å². The lowest BCUT2D eigenvalue weighted by molar-refractivity contribution is 0.0684. The Hall–Kier alpha value is -3.45. The lowest BCUT2D eigenvalue weighted by Gasteiger charge is -2.27. The van der Waals surface area contributed by atoms with E-state index in [1.54, 1.807) is 23.7 Å². The van der Waals surface area contributed by atoms with Gasteiger partial charge < -0.3 is 14.6 Å². The molecule has 2 amide bonds. The molecule has 1 saturated heterocycles. The Bertz CT molecular complexity index is 1420. The molecule has 0 bridgehead atoms. The second-order valence-electron chi connectivity index (χ2n) is 9.29. The highest BCUT2D eigenvalue weighted by Gasteiger charge is 2.54. The molecule has 3 atom stereocenters. The van der Waals surface area contributed by atoms with Crippen LogP contribution in [0.4, 0.5) is 0 Å². The lowest BCUT2D eigenvalue weighted by Crippen LogP contribution is -2.45. The van der Waals surface area contributed by atoms with Crippen LogP contribution in [0.1, 0.15) is 44.3 Å². The number of amides is 2. The molecule has 7 heteroatoms. The van der Waals surface area contributed by atoms with Crippen molar-refractivity contribution in [2.45, 2.75) is 38.8 Å². The molecule has 34 heavy (non-hydrogen) atoms. The maximum atomic E-state index is 13.8. The van der Waals surface area contributed by atoms with E-state index in [1.807, 2.05) is 42.2 Å². The number of fused-ring (bicyclic) bond motifs is 2. The average molecular weight is 472 g/mol. The summed E-state index contributed by atoms with van der Waals surface area (Å²) in [6, 6.07) is 15.7. The summed E-state index contributed by atoms with van der Waals surface area (Å²) in [6.07, 6.45) is 3.54. The fourth-order valence-electron chi connectivity index (χ4n) is 5.23. The molecule has 2 fully saturated rings. The van der Waals surface area contributed by atoms with Crippen molar-refractivity contribution < 1.29 is 14.0 Å². The summed E-state index contributed by atoms with van der Waals surface area (Å²) < 4.78 is 5.42. The molecule has 172 valence electrons. The molecule has 2 aliphatic rings. The van der Waals surface area contributed by atoms with E-state index in [2.05, 4.69) is 29.4 Å². The van der Waals surface area contributed by atoms with E-state index in [-0.39, 0.29) is 23.9 Å². The van der Waals surface area contributed by atoms with E-state index < -0.39 is 0 Å². The summed E-state index contributed by atoms with van der Waals surface area (Å²) in [6.45, 7) is 4.42. The Labute approximate surface area is 201 Å². The summed E-state index contributed by atoms with van der Waals surface area (Å²) in [5.74, 6) is 0.345. The van der Waals surface area contributed by atoms with Gasteiger partial charge in [0, 0.05) is 18.0 Å². The number of benzene rings is 2. The molecule has 6 nitrogen and oxygen atoms in total. The van der Waals surface area contributed by atoms with E-state index in [1.165, 1.54) is 0 Å². The normalized spacial score (nSPS) is 21.0. The predicted octanol–water partition coefficient (Wildman–Crippen LogP) is 5.21. The third-order valence-corrected chi connectivity index (χ3v) is 7.92. The van der Waals surface area contributed by atoms with Crippen LogP contribution in [0.2, 0.25) is 0 Å². The van der Waals surface area contributed by atoms with Crippen LogP contribution in [0.5, 0.6) is 0 Å². The maximum absolute atomic E-state index is 13.8. The number of aromatic nitrogens is 1. The van der Waals surface area contributed by atoms with Gasteiger partial charge in [-0.2, -0.15) is 0 Å². The van der Waals surface area contributed by atoms with Gasteiger partial charge in [-0.1, -0.05) is 35.9 Å². The van der Waals surface area contributed by atoms with Crippen molar-refractivity contribution in [3.05, 3.63) is 76.6 Å². The summed E-state index contributed by atoms with van der Waals surface area (Å²) >= 11 is 1.56. The Balaban J connectivity index is 1.23. The first-order valence-corrected chi connectivity index (χ1v) is 12.4. The minimum atomic E-state index is -0.148. The first-order valence-electron chi connectivity index (χ1n) is 11.6. The number of carbonyl (C=O) groups excluding carboxylic acids is 2. The second kappa shape index (κ2) is 8.09. The number of aryl methyl sites for hydroxylation is 2. The number of carbonyl (C=O) groups is 2. The van der Waals surface area contributed by atoms with Crippen molar-refractivity contribution in [1.29, 1.82) is 0 Å². The number of furan rings is 1. The summed E-state index contributed by atoms with van der Waals surface area (Å²) in [5.41, 5.74) is 3.98. The number of nitrogens with one attached hydrogen (secondary N) is 1. The van der Waals surface area contributed by atoms with Crippen molar-refractivity contribution in [3.63, 3.8) is 0 Å². The van der Waals surface area contributed by atoms with Crippen molar-refractivity contribution >= 4 is 34.1 Å². The SMILES string of the molecule is Cc1cccc(-c2sc(C)nc2C(=O)N2C3CC3C[C@H]2CNC(=O)c2cccc3occc23)c1. The predicted molar refractivity (Wildman–Crippen MR) is 132 cm³/mol. The van der Waals surface area contributed by atoms with Crippen LogP contribution in [0, 0.1) is 19.8 Å². The van der Waals surface area contributed by atoms with E-state index >= 15 is 0 Å². The van der Waals surface area contributed by atoms with Gasteiger partial charge in [-0.15, -0.1) is 11.3 Å². The molecular weight excluding hydrogens is 446 g/mol. The molecule has 6 rings (SSSR count). The van der Waals surface area contributed by atoms with Crippen LogP contribution in [-0.2, 0) is 0 Å². The zero-order valence-corrected chi connectivity index (χ0v) is 19.9. The van der Waals surface area contributed by atoms with E-state index in [0.717, 1.165) is 39.2 Å². The molecule has 0 spiro atoms. The lowest BCUT2D eigenvalue weighted by atomic mass is 10.1. The second-order valence-corrected chi connectivity index (χ2v) is 10.5. The van der Waals surface area contributed by atoms with Crippen LogP contribution >= 0.6 is 11.3 Å².